The molecule has 0 amide bonds. The summed E-state index contributed by atoms with van der Waals surface area (Å²) >= 11 is 5.54. The lowest BCUT2D eigenvalue weighted by Crippen LogP contribution is -2.10. The van der Waals surface area contributed by atoms with E-state index in [4.69, 9.17) is 16.3 Å². The molecule has 4 heteroatoms. The maximum Gasteiger partial charge on any atom is 0.343 e. The van der Waals surface area contributed by atoms with Crippen LogP contribution >= 0.6 is 11.6 Å². The quantitative estimate of drug-likeness (QED) is 0.605. The molecule has 0 aliphatic rings. The highest BCUT2D eigenvalue weighted by Gasteiger charge is 2.11. The van der Waals surface area contributed by atoms with Gasteiger partial charge in [0.15, 0.2) is 0 Å². The largest absolute Gasteiger partial charge is 0.423 e. The summed E-state index contributed by atoms with van der Waals surface area (Å²) in [7, 11) is 0. The Balaban J connectivity index is 2.22. The molecule has 0 atom stereocenters. The van der Waals surface area contributed by atoms with Crippen molar-refractivity contribution in [3.05, 3.63) is 64.4 Å². The van der Waals surface area contributed by atoms with Crippen molar-refractivity contribution < 1.29 is 13.9 Å². The van der Waals surface area contributed by atoms with Crippen LogP contribution in [0.1, 0.15) is 15.9 Å². The van der Waals surface area contributed by atoms with Crippen LogP contribution in [0.5, 0.6) is 5.75 Å². The number of benzene rings is 2. The number of halogens is 2. The average molecular weight is 265 g/mol. The third-order valence-electron chi connectivity index (χ3n) is 2.47. The number of hydrogen-bond acceptors (Lipinski definition) is 2. The SMILES string of the molecule is Cc1ccccc1C(=O)Oc1ccc(Cl)c(F)c1. The van der Waals surface area contributed by atoms with E-state index >= 15 is 0 Å². The van der Waals surface area contributed by atoms with Gasteiger partial charge in [0, 0.05) is 6.07 Å². The standard InChI is InChI=1S/C14H10ClFO2/c1-9-4-2-3-5-11(9)14(17)18-10-6-7-12(15)13(16)8-10/h2-8H,1H3. The minimum Gasteiger partial charge on any atom is -0.423 e. The molecule has 0 saturated heterocycles. The van der Waals surface area contributed by atoms with E-state index in [1.807, 2.05) is 6.07 Å². The molecule has 0 unspecified atom stereocenters. The molecule has 0 spiro atoms. The van der Waals surface area contributed by atoms with Crippen molar-refractivity contribution >= 4 is 17.6 Å². The Kier molecular flexibility index (Phi) is 3.63. The Bertz CT molecular complexity index is 596. The zero-order chi connectivity index (χ0) is 13.1. The lowest BCUT2D eigenvalue weighted by Gasteiger charge is -2.06. The van der Waals surface area contributed by atoms with Gasteiger partial charge in [0.1, 0.15) is 11.6 Å². The summed E-state index contributed by atoms with van der Waals surface area (Å²) in [5.41, 5.74) is 1.25. The molecular weight excluding hydrogens is 255 g/mol. The van der Waals surface area contributed by atoms with Gasteiger partial charge in [-0.2, -0.15) is 0 Å². The predicted octanol–water partition coefficient (Wildman–Crippen LogP) is 4.01. The predicted molar refractivity (Wildman–Crippen MR) is 67.5 cm³/mol. The van der Waals surface area contributed by atoms with Gasteiger partial charge in [0.25, 0.3) is 0 Å². The first-order chi connectivity index (χ1) is 8.58. The molecule has 0 aliphatic carbocycles. The summed E-state index contributed by atoms with van der Waals surface area (Å²) in [6.45, 7) is 1.80. The van der Waals surface area contributed by atoms with Crippen LogP contribution in [0, 0.1) is 12.7 Å². The number of aryl methyl sites for hydroxylation is 1. The zero-order valence-electron chi connectivity index (χ0n) is 9.61. The van der Waals surface area contributed by atoms with E-state index in [1.165, 1.54) is 12.1 Å². The fourth-order valence-electron chi connectivity index (χ4n) is 1.50. The number of carbonyl (C=O) groups excluding carboxylic acids is 1. The maximum absolute atomic E-state index is 13.2. The van der Waals surface area contributed by atoms with Gasteiger partial charge in [-0.25, -0.2) is 9.18 Å². The first-order valence-corrected chi connectivity index (χ1v) is 5.68. The van der Waals surface area contributed by atoms with E-state index in [0.29, 0.717) is 5.56 Å². The van der Waals surface area contributed by atoms with Gasteiger partial charge >= 0.3 is 5.97 Å². The Morgan fingerprint density at radius 1 is 1.22 bits per heavy atom. The Hall–Kier alpha value is -1.87. The zero-order valence-corrected chi connectivity index (χ0v) is 10.4. The van der Waals surface area contributed by atoms with Gasteiger partial charge < -0.3 is 4.74 Å². The van der Waals surface area contributed by atoms with Crippen LogP contribution in [0.15, 0.2) is 42.5 Å². The topological polar surface area (TPSA) is 26.3 Å². The number of hydrogen-bond donors (Lipinski definition) is 0. The number of ether oxygens (including phenoxy) is 1. The van der Waals surface area contributed by atoms with Gasteiger partial charge in [-0.1, -0.05) is 29.8 Å². The van der Waals surface area contributed by atoms with Crippen molar-refractivity contribution in [3.8, 4) is 5.75 Å². The third kappa shape index (κ3) is 2.68. The summed E-state index contributed by atoms with van der Waals surface area (Å²) < 4.78 is 18.3. The van der Waals surface area contributed by atoms with Crippen molar-refractivity contribution in [2.75, 3.05) is 0 Å². The minimum atomic E-state index is -0.619. The van der Waals surface area contributed by atoms with Crippen LogP contribution in [0.2, 0.25) is 5.02 Å². The van der Waals surface area contributed by atoms with Crippen LogP contribution in [-0.2, 0) is 0 Å². The molecule has 2 aromatic rings. The lowest BCUT2D eigenvalue weighted by molar-refractivity contribution is 0.0733. The molecule has 0 fully saturated rings. The molecule has 0 aliphatic heterocycles. The van der Waals surface area contributed by atoms with Crippen LogP contribution < -0.4 is 4.74 Å². The first kappa shape index (κ1) is 12.6. The van der Waals surface area contributed by atoms with Crippen molar-refractivity contribution in [1.29, 1.82) is 0 Å². The molecule has 0 heterocycles. The normalized spacial score (nSPS) is 10.2. The summed E-state index contributed by atoms with van der Waals surface area (Å²) in [5, 5.41) is -0.00862. The Morgan fingerprint density at radius 2 is 1.94 bits per heavy atom. The van der Waals surface area contributed by atoms with Crippen molar-refractivity contribution in [3.63, 3.8) is 0 Å². The van der Waals surface area contributed by atoms with E-state index in [9.17, 15) is 9.18 Å². The molecule has 18 heavy (non-hydrogen) atoms. The molecule has 0 bridgehead atoms. The smallest absolute Gasteiger partial charge is 0.343 e. The molecule has 0 saturated carbocycles. The number of rotatable bonds is 2. The average Bonchev–Trinajstić information content (AvgIpc) is 2.34. The monoisotopic (exact) mass is 264 g/mol. The number of carbonyl (C=O) groups is 1. The van der Waals surface area contributed by atoms with Gasteiger partial charge in [-0.3, -0.25) is 0 Å². The molecular formula is C14H10ClFO2. The molecule has 0 radical (unpaired) electrons. The van der Waals surface area contributed by atoms with Gasteiger partial charge in [0.05, 0.1) is 10.6 Å². The lowest BCUT2D eigenvalue weighted by atomic mass is 10.1. The second-order valence-electron chi connectivity index (χ2n) is 3.78. The third-order valence-corrected chi connectivity index (χ3v) is 2.77. The van der Waals surface area contributed by atoms with E-state index in [-0.39, 0.29) is 10.8 Å². The Labute approximate surface area is 109 Å². The summed E-state index contributed by atoms with van der Waals surface area (Å²) in [5.74, 6) is -1.01. The van der Waals surface area contributed by atoms with E-state index in [2.05, 4.69) is 0 Å². The maximum atomic E-state index is 13.2. The van der Waals surface area contributed by atoms with Gasteiger partial charge in [-0.15, -0.1) is 0 Å². The Morgan fingerprint density at radius 3 is 2.61 bits per heavy atom. The fourth-order valence-corrected chi connectivity index (χ4v) is 1.62. The highest BCUT2D eigenvalue weighted by molar-refractivity contribution is 6.30. The first-order valence-electron chi connectivity index (χ1n) is 5.31. The second kappa shape index (κ2) is 5.19. The second-order valence-corrected chi connectivity index (χ2v) is 4.19. The summed E-state index contributed by atoms with van der Waals surface area (Å²) in [6.07, 6.45) is 0. The molecule has 2 nitrogen and oxygen atoms in total. The van der Waals surface area contributed by atoms with E-state index in [0.717, 1.165) is 11.6 Å². The highest BCUT2D eigenvalue weighted by Crippen LogP contribution is 2.21. The van der Waals surface area contributed by atoms with E-state index < -0.39 is 11.8 Å². The highest BCUT2D eigenvalue weighted by atomic mass is 35.5. The minimum absolute atomic E-state index is 0.00862. The van der Waals surface area contributed by atoms with Crippen LogP contribution in [0.25, 0.3) is 0 Å². The molecule has 2 aromatic carbocycles. The summed E-state index contributed by atoms with van der Waals surface area (Å²) in [4.78, 5) is 11.9. The van der Waals surface area contributed by atoms with E-state index in [1.54, 1.807) is 25.1 Å². The van der Waals surface area contributed by atoms with Crippen LogP contribution in [-0.4, -0.2) is 5.97 Å². The van der Waals surface area contributed by atoms with Gasteiger partial charge in [0.2, 0.25) is 0 Å². The molecule has 2 rings (SSSR count). The molecule has 0 aromatic heterocycles. The van der Waals surface area contributed by atoms with Crippen molar-refractivity contribution in [1.82, 2.24) is 0 Å². The fraction of sp³-hybridized carbons (Fsp3) is 0.0714. The van der Waals surface area contributed by atoms with Crippen LogP contribution in [0.3, 0.4) is 0 Å². The molecule has 92 valence electrons. The van der Waals surface area contributed by atoms with Crippen LogP contribution in [0.4, 0.5) is 4.39 Å². The molecule has 0 N–H and O–H groups in total. The van der Waals surface area contributed by atoms with Crippen molar-refractivity contribution in [2.24, 2.45) is 0 Å². The van der Waals surface area contributed by atoms with Crippen molar-refractivity contribution in [2.45, 2.75) is 6.92 Å². The van der Waals surface area contributed by atoms with Gasteiger partial charge in [-0.05, 0) is 30.7 Å². The number of esters is 1. The summed E-state index contributed by atoms with van der Waals surface area (Å²) in [6, 6.07) is 10.9.